The molecule has 2 aliphatic carbocycles. The highest BCUT2D eigenvalue weighted by Crippen LogP contribution is 2.44. The fourth-order valence-electron chi connectivity index (χ4n) is 6.57. The first-order valence-electron chi connectivity index (χ1n) is 13.4. The number of hydrogen-bond acceptors (Lipinski definition) is 3. The van der Waals surface area contributed by atoms with Gasteiger partial charge >= 0.3 is 0 Å². The number of rotatable bonds is 10. The summed E-state index contributed by atoms with van der Waals surface area (Å²) in [4.78, 5) is 15.0. The van der Waals surface area contributed by atoms with E-state index >= 15 is 0 Å². The van der Waals surface area contributed by atoms with Gasteiger partial charge in [0.2, 0.25) is 5.91 Å². The van der Waals surface area contributed by atoms with Crippen LogP contribution >= 0.6 is 0 Å². The number of carbonyl (C=O) groups is 1. The van der Waals surface area contributed by atoms with Crippen LogP contribution < -0.4 is 10.6 Å². The number of benzene rings is 2. The van der Waals surface area contributed by atoms with Gasteiger partial charge < -0.3 is 15.5 Å². The van der Waals surface area contributed by atoms with Crippen LogP contribution in [0.4, 0.5) is 0 Å². The molecule has 178 valence electrons. The number of carbonyl (C=O) groups excluding carboxylic acids is 1. The van der Waals surface area contributed by atoms with Gasteiger partial charge in [0.1, 0.15) is 0 Å². The van der Waals surface area contributed by atoms with Crippen LogP contribution in [-0.2, 0) is 11.2 Å². The zero-order chi connectivity index (χ0) is 22.5. The SMILES string of the molecule is O=C(Cc1cccc2ccccc12)N1CCC(CNCCCCNC2CC3CCC2C3)CC1. The molecule has 2 aromatic rings. The first-order valence-corrected chi connectivity index (χ1v) is 13.4. The monoisotopic (exact) mass is 447 g/mol. The molecule has 3 unspecified atom stereocenters. The fourth-order valence-corrected chi connectivity index (χ4v) is 6.57. The fraction of sp³-hybridized carbons (Fsp3) is 0.621. The molecule has 3 aliphatic rings. The number of hydrogen-bond donors (Lipinski definition) is 2. The van der Waals surface area contributed by atoms with E-state index in [4.69, 9.17) is 0 Å². The second-order valence-corrected chi connectivity index (χ2v) is 10.8. The van der Waals surface area contributed by atoms with Gasteiger partial charge in [0.15, 0.2) is 0 Å². The lowest BCUT2D eigenvalue weighted by atomic mass is 9.95. The largest absolute Gasteiger partial charge is 0.342 e. The molecule has 33 heavy (non-hydrogen) atoms. The van der Waals surface area contributed by atoms with E-state index in [1.54, 1.807) is 0 Å². The number of unbranched alkanes of at least 4 members (excludes halogenated alkanes) is 1. The Morgan fingerprint density at radius 3 is 2.55 bits per heavy atom. The Bertz CT molecular complexity index is 915. The van der Waals surface area contributed by atoms with E-state index in [1.165, 1.54) is 55.8 Å². The lowest BCUT2D eigenvalue weighted by Crippen LogP contribution is -2.41. The molecule has 0 aromatic heterocycles. The maximum atomic E-state index is 12.9. The van der Waals surface area contributed by atoms with E-state index < -0.39 is 0 Å². The molecule has 1 aliphatic heterocycles. The minimum absolute atomic E-state index is 0.278. The van der Waals surface area contributed by atoms with Crippen molar-refractivity contribution in [2.45, 2.75) is 63.8 Å². The predicted octanol–water partition coefficient (Wildman–Crippen LogP) is 4.77. The Kier molecular flexibility index (Phi) is 7.63. The van der Waals surface area contributed by atoms with Crippen molar-refractivity contribution >= 4 is 16.7 Å². The molecular weight excluding hydrogens is 406 g/mol. The van der Waals surface area contributed by atoms with Crippen LogP contribution in [0.5, 0.6) is 0 Å². The molecule has 0 spiro atoms. The van der Waals surface area contributed by atoms with Gasteiger partial charge in [-0.15, -0.1) is 0 Å². The first kappa shape index (κ1) is 22.9. The summed E-state index contributed by atoms with van der Waals surface area (Å²) < 4.78 is 0. The Morgan fingerprint density at radius 1 is 0.909 bits per heavy atom. The third kappa shape index (κ3) is 5.78. The lowest BCUT2D eigenvalue weighted by molar-refractivity contribution is -0.131. The third-order valence-electron chi connectivity index (χ3n) is 8.55. The van der Waals surface area contributed by atoms with E-state index in [-0.39, 0.29) is 5.91 Å². The predicted molar refractivity (Wildman–Crippen MR) is 136 cm³/mol. The molecule has 4 heteroatoms. The molecule has 1 amide bonds. The number of amides is 1. The van der Waals surface area contributed by atoms with Crippen molar-refractivity contribution in [2.24, 2.45) is 17.8 Å². The average molecular weight is 448 g/mol. The zero-order valence-corrected chi connectivity index (χ0v) is 20.1. The van der Waals surface area contributed by atoms with Crippen molar-refractivity contribution < 1.29 is 4.79 Å². The van der Waals surface area contributed by atoms with Gasteiger partial charge in [0, 0.05) is 19.1 Å². The van der Waals surface area contributed by atoms with Gasteiger partial charge in [-0.2, -0.15) is 0 Å². The van der Waals surface area contributed by atoms with Crippen molar-refractivity contribution in [3.05, 3.63) is 48.0 Å². The average Bonchev–Trinajstić information content (AvgIpc) is 3.48. The van der Waals surface area contributed by atoms with Crippen molar-refractivity contribution in [1.29, 1.82) is 0 Å². The molecule has 3 fully saturated rings. The topological polar surface area (TPSA) is 44.4 Å². The Hall–Kier alpha value is -1.91. The smallest absolute Gasteiger partial charge is 0.227 e. The minimum atomic E-state index is 0.278. The molecule has 2 bridgehead atoms. The first-order chi connectivity index (χ1) is 16.3. The number of nitrogens with zero attached hydrogens (tertiary/aromatic N) is 1. The van der Waals surface area contributed by atoms with Gasteiger partial charge in [-0.05, 0) is 98.7 Å². The van der Waals surface area contributed by atoms with Crippen molar-refractivity contribution in [2.75, 3.05) is 32.7 Å². The second-order valence-electron chi connectivity index (χ2n) is 10.8. The van der Waals surface area contributed by atoms with Crippen LogP contribution in [0.25, 0.3) is 10.8 Å². The summed E-state index contributed by atoms with van der Waals surface area (Å²) >= 11 is 0. The van der Waals surface area contributed by atoms with Crippen molar-refractivity contribution in [1.82, 2.24) is 15.5 Å². The van der Waals surface area contributed by atoms with Gasteiger partial charge in [-0.1, -0.05) is 48.9 Å². The summed E-state index contributed by atoms with van der Waals surface area (Å²) in [6.45, 7) is 5.23. The quantitative estimate of drug-likeness (QED) is 0.516. The Morgan fingerprint density at radius 2 is 1.73 bits per heavy atom. The molecule has 3 atom stereocenters. The number of likely N-dealkylation sites (tertiary alicyclic amines) is 1. The summed E-state index contributed by atoms with van der Waals surface area (Å²) in [6, 6.07) is 15.5. The van der Waals surface area contributed by atoms with Crippen LogP contribution in [0.1, 0.15) is 56.9 Å². The van der Waals surface area contributed by atoms with Crippen LogP contribution in [0.3, 0.4) is 0 Å². The highest BCUT2D eigenvalue weighted by atomic mass is 16.2. The van der Waals surface area contributed by atoms with E-state index in [1.807, 2.05) is 0 Å². The van der Waals surface area contributed by atoms with Gasteiger partial charge in [0.25, 0.3) is 0 Å². The van der Waals surface area contributed by atoms with Crippen LogP contribution in [0.15, 0.2) is 42.5 Å². The van der Waals surface area contributed by atoms with Crippen LogP contribution in [0, 0.1) is 17.8 Å². The Balaban J connectivity index is 0.945. The van der Waals surface area contributed by atoms with E-state index in [2.05, 4.69) is 58.0 Å². The normalized spacial score (nSPS) is 25.2. The van der Waals surface area contributed by atoms with Crippen LogP contribution in [0.2, 0.25) is 0 Å². The number of piperidine rings is 1. The maximum Gasteiger partial charge on any atom is 0.227 e. The van der Waals surface area contributed by atoms with Gasteiger partial charge in [-0.25, -0.2) is 0 Å². The van der Waals surface area contributed by atoms with E-state index in [0.717, 1.165) is 62.5 Å². The second kappa shape index (κ2) is 11.0. The molecule has 4 nitrogen and oxygen atoms in total. The summed E-state index contributed by atoms with van der Waals surface area (Å²) in [7, 11) is 0. The summed E-state index contributed by atoms with van der Waals surface area (Å²) in [5.41, 5.74) is 1.15. The molecule has 5 rings (SSSR count). The highest BCUT2D eigenvalue weighted by Gasteiger charge is 2.38. The molecule has 2 aromatic carbocycles. The Labute approximate surface area is 199 Å². The molecular formula is C29H41N3O. The molecule has 0 radical (unpaired) electrons. The third-order valence-corrected chi connectivity index (χ3v) is 8.55. The van der Waals surface area contributed by atoms with Gasteiger partial charge in [-0.3, -0.25) is 4.79 Å². The maximum absolute atomic E-state index is 12.9. The number of fused-ring (bicyclic) bond motifs is 3. The summed E-state index contributed by atoms with van der Waals surface area (Å²) in [5.74, 6) is 3.01. The highest BCUT2D eigenvalue weighted by molar-refractivity contribution is 5.90. The van der Waals surface area contributed by atoms with Crippen LogP contribution in [-0.4, -0.2) is 49.6 Å². The zero-order valence-electron chi connectivity index (χ0n) is 20.1. The standard InChI is InChI=1S/C29H41N3O/c33-29(20-25-8-5-7-24-6-1-2-9-27(24)25)32-16-12-22(13-17-32)21-30-14-3-4-15-31-28-19-23-10-11-26(28)18-23/h1-2,5-9,22-23,26,28,30-31H,3-4,10-21H2. The summed E-state index contributed by atoms with van der Waals surface area (Å²) in [6.07, 6.45) is 11.2. The van der Waals surface area contributed by atoms with E-state index in [0.29, 0.717) is 12.3 Å². The molecule has 1 heterocycles. The van der Waals surface area contributed by atoms with E-state index in [9.17, 15) is 4.79 Å². The number of nitrogens with one attached hydrogen (secondary N) is 2. The van der Waals surface area contributed by atoms with Gasteiger partial charge in [0.05, 0.1) is 6.42 Å². The minimum Gasteiger partial charge on any atom is -0.342 e. The molecule has 2 N–H and O–H groups in total. The van der Waals surface area contributed by atoms with Crippen molar-refractivity contribution in [3.8, 4) is 0 Å². The summed E-state index contributed by atoms with van der Waals surface area (Å²) in [5, 5.41) is 9.94. The lowest BCUT2D eigenvalue weighted by Gasteiger charge is -2.32. The molecule has 1 saturated heterocycles. The molecule has 2 saturated carbocycles. The van der Waals surface area contributed by atoms with Crippen molar-refractivity contribution in [3.63, 3.8) is 0 Å².